The van der Waals surface area contributed by atoms with E-state index in [1.165, 1.54) is 6.08 Å². The molecule has 0 bridgehead atoms. The van der Waals surface area contributed by atoms with E-state index in [0.29, 0.717) is 18.6 Å². The van der Waals surface area contributed by atoms with Crippen LogP contribution >= 0.6 is 7.92 Å². The minimum atomic E-state index is -1.04. The lowest BCUT2D eigenvalue weighted by Crippen LogP contribution is -2.36. The predicted octanol–water partition coefficient (Wildman–Crippen LogP) is 6.34. The molecule has 0 unspecified atom stereocenters. The zero-order chi connectivity index (χ0) is 31.4. The third kappa shape index (κ3) is 9.90. The summed E-state index contributed by atoms with van der Waals surface area (Å²) in [5.41, 5.74) is -0.148. The van der Waals surface area contributed by atoms with Crippen LogP contribution in [0.2, 0.25) is 0 Å². The number of benzene rings is 3. The van der Waals surface area contributed by atoms with E-state index in [1.54, 1.807) is 33.8 Å². The second kappa shape index (κ2) is 16.2. The van der Waals surface area contributed by atoms with Gasteiger partial charge in [0.15, 0.2) is 0 Å². The van der Waals surface area contributed by atoms with Gasteiger partial charge in [-0.05, 0) is 69.9 Å². The van der Waals surface area contributed by atoms with E-state index in [-0.39, 0.29) is 24.4 Å². The van der Waals surface area contributed by atoms with Crippen LogP contribution in [0.1, 0.15) is 58.3 Å². The van der Waals surface area contributed by atoms with Gasteiger partial charge >= 0.3 is 17.9 Å². The average Bonchev–Trinajstić information content (AvgIpc) is 2.99. The van der Waals surface area contributed by atoms with Gasteiger partial charge in [-0.1, -0.05) is 98.8 Å². The molecule has 43 heavy (non-hydrogen) atoms. The third-order valence-corrected chi connectivity index (χ3v) is 9.40. The van der Waals surface area contributed by atoms with Crippen molar-refractivity contribution in [3.63, 3.8) is 0 Å². The Hall–Kier alpha value is -3.76. The van der Waals surface area contributed by atoms with Gasteiger partial charge in [-0.15, -0.1) is 0 Å². The fraction of sp³-hybridized carbons (Fsp3) is 0.361. The summed E-state index contributed by atoms with van der Waals surface area (Å²) in [7, 11) is -1.04. The first-order valence-corrected chi connectivity index (χ1v) is 16.1. The van der Waals surface area contributed by atoms with E-state index in [1.807, 2.05) is 74.5 Å². The third-order valence-electron chi connectivity index (χ3n) is 6.90. The van der Waals surface area contributed by atoms with E-state index in [2.05, 4.69) is 24.3 Å². The first-order valence-electron chi connectivity index (χ1n) is 14.7. The molecule has 3 atom stereocenters. The minimum absolute atomic E-state index is 0.0996. The molecule has 0 N–H and O–H groups in total. The normalized spacial score (nSPS) is 13.7. The second-order valence-electron chi connectivity index (χ2n) is 11.6. The van der Waals surface area contributed by atoms with Crippen LogP contribution in [0, 0.1) is 17.3 Å². The van der Waals surface area contributed by atoms with Crippen molar-refractivity contribution in [1.29, 1.82) is 0 Å². The first-order chi connectivity index (χ1) is 20.5. The quantitative estimate of drug-likeness (QED) is 0.0984. The average molecular weight is 603 g/mol. The van der Waals surface area contributed by atoms with Crippen LogP contribution < -0.4 is 15.9 Å². The molecule has 3 rings (SSSR count). The smallest absolute Gasteiger partial charge is 0.339 e. The molecule has 3 aromatic rings. The number of allylic oxidation sites excluding steroid dienone is 1. The van der Waals surface area contributed by atoms with Crippen LogP contribution in [0.4, 0.5) is 0 Å². The standard InChI is InChI=1S/C36H43O6P/c1-7-40-32(37)24-16-17-26(2)33(27(3)25-41-35(39)36(4,5)6)42-34(38)30-22-14-15-23-31(30)43(28-18-10-8-11-19-28)29-20-12-9-13-21-29/h8-16,18-24,26-27,33H,7,17,25H2,1-6H3/b24-16+/t26-,27+,33+/m1/s1. The number of carbonyl (C=O) groups is 3. The molecule has 0 aliphatic heterocycles. The SMILES string of the molecule is CCOC(=O)/C=C/C[C@@H](C)[C@H](OC(=O)c1ccccc1P(c1ccccc1)c1ccccc1)[C@@H](C)COC(=O)C(C)(C)C. The van der Waals surface area contributed by atoms with Gasteiger partial charge in [-0.3, -0.25) is 4.79 Å². The highest BCUT2D eigenvalue weighted by molar-refractivity contribution is 7.80. The molecule has 228 valence electrons. The molecule has 0 amide bonds. The van der Waals surface area contributed by atoms with E-state index in [0.717, 1.165) is 15.9 Å². The zero-order valence-electron chi connectivity index (χ0n) is 26.0. The number of rotatable bonds is 13. The molecule has 3 aromatic carbocycles. The van der Waals surface area contributed by atoms with Gasteiger partial charge in [-0.25, -0.2) is 9.59 Å². The van der Waals surface area contributed by atoms with Gasteiger partial charge in [0.2, 0.25) is 0 Å². The summed E-state index contributed by atoms with van der Waals surface area (Å²) in [5.74, 6) is -1.64. The van der Waals surface area contributed by atoms with Crippen LogP contribution in [0.5, 0.6) is 0 Å². The number of carbonyl (C=O) groups excluding carboxylic acids is 3. The highest BCUT2D eigenvalue weighted by atomic mass is 31.1. The van der Waals surface area contributed by atoms with E-state index < -0.39 is 31.4 Å². The predicted molar refractivity (Wildman–Crippen MR) is 173 cm³/mol. The molecule has 0 aliphatic rings. The van der Waals surface area contributed by atoms with E-state index in [4.69, 9.17) is 14.2 Å². The zero-order valence-corrected chi connectivity index (χ0v) is 26.9. The van der Waals surface area contributed by atoms with Gasteiger partial charge in [0.05, 0.1) is 24.2 Å². The molecule has 7 heteroatoms. The maximum absolute atomic E-state index is 14.0. The van der Waals surface area contributed by atoms with Crippen LogP contribution in [-0.4, -0.2) is 37.2 Å². The van der Waals surface area contributed by atoms with Gasteiger partial charge < -0.3 is 14.2 Å². The number of hydrogen-bond acceptors (Lipinski definition) is 6. The summed E-state index contributed by atoms with van der Waals surface area (Å²) in [6.45, 7) is 11.4. The highest BCUT2D eigenvalue weighted by Crippen LogP contribution is 2.34. The maximum atomic E-state index is 14.0. The summed E-state index contributed by atoms with van der Waals surface area (Å²) in [6, 6.07) is 28.0. The number of ether oxygens (including phenoxy) is 3. The van der Waals surface area contributed by atoms with E-state index >= 15 is 0 Å². The summed E-state index contributed by atoms with van der Waals surface area (Å²) in [6.07, 6.45) is 3.01. The summed E-state index contributed by atoms with van der Waals surface area (Å²) in [5, 5.41) is 3.15. The summed E-state index contributed by atoms with van der Waals surface area (Å²) in [4.78, 5) is 38.4. The van der Waals surface area contributed by atoms with E-state index in [9.17, 15) is 14.4 Å². The van der Waals surface area contributed by atoms with Crippen molar-refractivity contribution in [3.05, 3.63) is 103 Å². The van der Waals surface area contributed by atoms with Crippen molar-refractivity contribution >= 4 is 41.7 Å². The van der Waals surface area contributed by atoms with Crippen LogP contribution in [0.25, 0.3) is 0 Å². The molecule has 6 nitrogen and oxygen atoms in total. The van der Waals surface area contributed by atoms with Crippen molar-refractivity contribution < 1.29 is 28.6 Å². The van der Waals surface area contributed by atoms with Gasteiger partial charge in [0, 0.05) is 12.0 Å². The lowest BCUT2D eigenvalue weighted by Gasteiger charge is -2.30. The number of esters is 3. The Morgan fingerprint density at radius 3 is 1.91 bits per heavy atom. The van der Waals surface area contributed by atoms with Gasteiger partial charge in [0.1, 0.15) is 6.10 Å². The second-order valence-corrected chi connectivity index (χ2v) is 13.8. The molecule has 0 aliphatic carbocycles. The molecular formula is C36H43O6P. The molecule has 0 heterocycles. The molecule has 0 aromatic heterocycles. The summed E-state index contributed by atoms with van der Waals surface area (Å²) < 4.78 is 16.9. The highest BCUT2D eigenvalue weighted by Gasteiger charge is 2.32. The van der Waals surface area contributed by atoms with Gasteiger partial charge in [-0.2, -0.15) is 0 Å². The Morgan fingerprint density at radius 2 is 1.35 bits per heavy atom. The van der Waals surface area contributed by atoms with Crippen molar-refractivity contribution in [1.82, 2.24) is 0 Å². The monoisotopic (exact) mass is 602 g/mol. The molecule has 0 saturated carbocycles. The Labute approximate surface area is 257 Å². The Morgan fingerprint density at radius 1 is 0.791 bits per heavy atom. The maximum Gasteiger partial charge on any atom is 0.339 e. The van der Waals surface area contributed by atoms with Crippen LogP contribution in [-0.2, 0) is 23.8 Å². The molecule has 0 fully saturated rings. The topological polar surface area (TPSA) is 78.9 Å². The first kappa shape index (κ1) is 33.7. The van der Waals surface area contributed by atoms with Gasteiger partial charge in [0.25, 0.3) is 0 Å². The Balaban J connectivity index is 1.93. The number of hydrogen-bond donors (Lipinski definition) is 0. The Kier molecular flexibility index (Phi) is 12.7. The van der Waals surface area contributed by atoms with Crippen LogP contribution in [0.3, 0.4) is 0 Å². The van der Waals surface area contributed by atoms with Crippen molar-refractivity contribution in [3.8, 4) is 0 Å². The van der Waals surface area contributed by atoms with Crippen molar-refractivity contribution in [2.75, 3.05) is 13.2 Å². The fourth-order valence-corrected chi connectivity index (χ4v) is 7.06. The van der Waals surface area contributed by atoms with Crippen molar-refractivity contribution in [2.45, 2.75) is 54.1 Å². The molecular weight excluding hydrogens is 559 g/mol. The molecule has 0 spiro atoms. The van der Waals surface area contributed by atoms with Crippen molar-refractivity contribution in [2.24, 2.45) is 17.3 Å². The largest absolute Gasteiger partial charge is 0.465 e. The Bertz CT molecular complexity index is 1320. The summed E-state index contributed by atoms with van der Waals surface area (Å²) >= 11 is 0. The minimum Gasteiger partial charge on any atom is -0.465 e. The molecule has 0 saturated heterocycles. The van der Waals surface area contributed by atoms with Crippen LogP contribution in [0.15, 0.2) is 97.1 Å². The lowest BCUT2D eigenvalue weighted by molar-refractivity contribution is -0.155. The molecule has 0 radical (unpaired) electrons. The fourth-order valence-electron chi connectivity index (χ4n) is 4.62. The lowest BCUT2D eigenvalue weighted by atomic mass is 9.90.